The Balaban J connectivity index is 2.00. The molecular weight excluding hydrogens is 398 g/mol. The molecule has 0 saturated carbocycles. The predicted octanol–water partition coefficient (Wildman–Crippen LogP) is 4.28. The van der Waals surface area contributed by atoms with Crippen LogP contribution in [0.1, 0.15) is 30.5 Å². The molecule has 0 aliphatic rings. The van der Waals surface area contributed by atoms with Gasteiger partial charge in [-0.2, -0.15) is 0 Å². The number of amides is 1. The van der Waals surface area contributed by atoms with Gasteiger partial charge in [0.15, 0.2) is 11.5 Å². The molecule has 0 saturated heterocycles. The first-order valence-electron chi connectivity index (χ1n) is 8.32. The number of hydrogen-bond donors (Lipinski definition) is 1. The van der Waals surface area contributed by atoms with E-state index in [-0.39, 0.29) is 11.9 Å². The van der Waals surface area contributed by atoms with Crippen LogP contribution in [-0.2, 0) is 11.2 Å². The zero-order valence-electron chi connectivity index (χ0n) is 15.5. The number of methoxy groups -OCH3 is 3. The molecule has 0 fully saturated rings. The smallest absolute Gasteiger partial charge is 0.220 e. The van der Waals surface area contributed by atoms with Gasteiger partial charge in [0.2, 0.25) is 11.7 Å². The number of benzene rings is 2. The zero-order chi connectivity index (χ0) is 19.1. The van der Waals surface area contributed by atoms with E-state index in [1.807, 2.05) is 43.3 Å². The van der Waals surface area contributed by atoms with Crippen LogP contribution in [0.5, 0.6) is 17.2 Å². The van der Waals surface area contributed by atoms with Gasteiger partial charge in [-0.1, -0.05) is 28.1 Å². The Kier molecular flexibility index (Phi) is 7.33. The lowest BCUT2D eigenvalue weighted by Crippen LogP contribution is -2.26. The van der Waals surface area contributed by atoms with Crippen molar-refractivity contribution < 1.29 is 19.0 Å². The Morgan fingerprint density at radius 2 is 1.73 bits per heavy atom. The Hall–Kier alpha value is -2.21. The van der Waals surface area contributed by atoms with Crippen LogP contribution in [0.25, 0.3) is 0 Å². The van der Waals surface area contributed by atoms with Crippen molar-refractivity contribution in [2.24, 2.45) is 0 Å². The number of carbonyl (C=O) groups is 1. The summed E-state index contributed by atoms with van der Waals surface area (Å²) >= 11 is 3.45. The van der Waals surface area contributed by atoms with Crippen LogP contribution in [-0.4, -0.2) is 27.2 Å². The van der Waals surface area contributed by atoms with Crippen molar-refractivity contribution in [1.82, 2.24) is 5.32 Å². The molecule has 2 aromatic carbocycles. The van der Waals surface area contributed by atoms with Crippen molar-refractivity contribution in [2.45, 2.75) is 25.8 Å². The average Bonchev–Trinajstić information content (AvgIpc) is 2.65. The number of aryl methyl sites for hydroxylation is 1. The molecule has 1 atom stereocenters. The fourth-order valence-corrected chi connectivity index (χ4v) is 3.13. The number of ether oxygens (including phenoxy) is 3. The SMILES string of the molecule is COc1cc(CCC(=O)NC(C)c2cccc(Br)c2)cc(OC)c1OC. The summed E-state index contributed by atoms with van der Waals surface area (Å²) in [6.07, 6.45) is 0.949. The summed E-state index contributed by atoms with van der Waals surface area (Å²) in [6, 6.07) is 11.6. The molecule has 6 heteroatoms. The fourth-order valence-electron chi connectivity index (χ4n) is 2.71. The molecule has 0 bridgehead atoms. The van der Waals surface area contributed by atoms with Crippen LogP contribution in [0.4, 0.5) is 0 Å². The molecule has 2 rings (SSSR count). The quantitative estimate of drug-likeness (QED) is 0.690. The lowest BCUT2D eigenvalue weighted by molar-refractivity contribution is -0.121. The van der Waals surface area contributed by atoms with Crippen LogP contribution in [0.2, 0.25) is 0 Å². The second-order valence-corrected chi connectivity index (χ2v) is 6.79. The summed E-state index contributed by atoms with van der Waals surface area (Å²) in [4.78, 5) is 12.3. The highest BCUT2D eigenvalue weighted by Gasteiger charge is 2.15. The van der Waals surface area contributed by atoms with Crippen molar-refractivity contribution in [3.05, 3.63) is 52.0 Å². The largest absolute Gasteiger partial charge is 0.493 e. The van der Waals surface area contributed by atoms with Crippen LogP contribution >= 0.6 is 15.9 Å². The maximum atomic E-state index is 12.3. The molecule has 0 spiro atoms. The standard InChI is InChI=1S/C20H24BrNO4/c1-13(15-6-5-7-16(21)12-15)22-19(23)9-8-14-10-17(24-2)20(26-4)18(11-14)25-3/h5-7,10-13H,8-9H2,1-4H3,(H,22,23). The van der Waals surface area contributed by atoms with Gasteiger partial charge in [0.1, 0.15) is 0 Å². The van der Waals surface area contributed by atoms with E-state index >= 15 is 0 Å². The van der Waals surface area contributed by atoms with E-state index in [0.717, 1.165) is 15.6 Å². The highest BCUT2D eigenvalue weighted by molar-refractivity contribution is 9.10. The molecule has 0 aromatic heterocycles. The number of nitrogens with one attached hydrogen (secondary N) is 1. The molecule has 0 radical (unpaired) electrons. The van der Waals surface area contributed by atoms with Gasteiger partial charge < -0.3 is 19.5 Å². The summed E-state index contributed by atoms with van der Waals surface area (Å²) < 4.78 is 17.0. The maximum absolute atomic E-state index is 12.3. The average molecular weight is 422 g/mol. The van der Waals surface area contributed by atoms with Crippen LogP contribution in [0.15, 0.2) is 40.9 Å². The van der Waals surface area contributed by atoms with Gasteiger partial charge in [-0.05, 0) is 48.7 Å². The summed E-state index contributed by atoms with van der Waals surface area (Å²) in [6.45, 7) is 1.97. The van der Waals surface area contributed by atoms with Gasteiger partial charge in [-0.3, -0.25) is 4.79 Å². The number of halogens is 1. The minimum atomic E-state index is -0.0556. The van der Waals surface area contributed by atoms with E-state index in [2.05, 4.69) is 21.2 Å². The van der Waals surface area contributed by atoms with Crippen molar-refractivity contribution in [1.29, 1.82) is 0 Å². The van der Waals surface area contributed by atoms with Gasteiger partial charge in [-0.25, -0.2) is 0 Å². The van der Waals surface area contributed by atoms with Gasteiger partial charge in [-0.15, -0.1) is 0 Å². The normalized spacial score (nSPS) is 11.6. The molecule has 1 N–H and O–H groups in total. The maximum Gasteiger partial charge on any atom is 0.220 e. The van der Waals surface area contributed by atoms with Gasteiger partial charge >= 0.3 is 0 Å². The molecule has 5 nitrogen and oxygen atoms in total. The van der Waals surface area contributed by atoms with Crippen molar-refractivity contribution in [2.75, 3.05) is 21.3 Å². The van der Waals surface area contributed by atoms with Crippen LogP contribution in [0.3, 0.4) is 0 Å². The summed E-state index contributed by atoms with van der Waals surface area (Å²) in [5.74, 6) is 1.72. The molecule has 0 aliphatic carbocycles. The lowest BCUT2D eigenvalue weighted by Gasteiger charge is -2.16. The second kappa shape index (κ2) is 9.48. The van der Waals surface area contributed by atoms with E-state index in [0.29, 0.717) is 30.1 Å². The van der Waals surface area contributed by atoms with Gasteiger partial charge in [0.05, 0.1) is 27.4 Å². The fraction of sp³-hybridized carbons (Fsp3) is 0.350. The second-order valence-electron chi connectivity index (χ2n) is 5.88. The van der Waals surface area contributed by atoms with Crippen molar-refractivity contribution in [3.8, 4) is 17.2 Å². The summed E-state index contributed by atoms with van der Waals surface area (Å²) in [7, 11) is 4.72. The van der Waals surface area contributed by atoms with E-state index in [4.69, 9.17) is 14.2 Å². The highest BCUT2D eigenvalue weighted by atomic mass is 79.9. The van der Waals surface area contributed by atoms with E-state index < -0.39 is 0 Å². The third-order valence-electron chi connectivity index (χ3n) is 4.09. The molecule has 1 unspecified atom stereocenters. The highest BCUT2D eigenvalue weighted by Crippen LogP contribution is 2.38. The monoisotopic (exact) mass is 421 g/mol. The first-order valence-corrected chi connectivity index (χ1v) is 9.11. The molecule has 140 valence electrons. The Morgan fingerprint density at radius 1 is 1.08 bits per heavy atom. The summed E-state index contributed by atoms with van der Waals surface area (Å²) in [5.41, 5.74) is 2.00. The van der Waals surface area contributed by atoms with Crippen molar-refractivity contribution in [3.63, 3.8) is 0 Å². The van der Waals surface area contributed by atoms with Crippen LogP contribution < -0.4 is 19.5 Å². The first-order chi connectivity index (χ1) is 12.5. The van der Waals surface area contributed by atoms with Gasteiger partial charge in [0.25, 0.3) is 0 Å². The molecular formula is C20H24BrNO4. The van der Waals surface area contributed by atoms with E-state index in [1.165, 1.54) is 0 Å². The molecule has 26 heavy (non-hydrogen) atoms. The molecule has 1 amide bonds. The Bertz CT molecular complexity index is 738. The summed E-state index contributed by atoms with van der Waals surface area (Å²) in [5, 5.41) is 3.03. The molecule has 2 aromatic rings. The zero-order valence-corrected chi connectivity index (χ0v) is 17.1. The number of rotatable bonds is 8. The Morgan fingerprint density at radius 3 is 2.27 bits per heavy atom. The predicted molar refractivity (Wildman–Crippen MR) is 105 cm³/mol. The molecule has 0 aliphatic heterocycles. The third-order valence-corrected chi connectivity index (χ3v) is 4.58. The van der Waals surface area contributed by atoms with Gasteiger partial charge in [0, 0.05) is 10.9 Å². The number of carbonyl (C=O) groups excluding carboxylic acids is 1. The minimum absolute atomic E-state index is 0.00812. The molecule has 0 heterocycles. The van der Waals surface area contributed by atoms with E-state index in [9.17, 15) is 4.79 Å². The minimum Gasteiger partial charge on any atom is -0.493 e. The first kappa shape index (κ1) is 20.1. The lowest BCUT2D eigenvalue weighted by atomic mass is 10.1. The van der Waals surface area contributed by atoms with Crippen LogP contribution in [0, 0.1) is 0 Å². The Labute approximate surface area is 162 Å². The van der Waals surface area contributed by atoms with Crippen molar-refractivity contribution >= 4 is 21.8 Å². The third kappa shape index (κ3) is 5.14. The topological polar surface area (TPSA) is 56.8 Å². The number of hydrogen-bond acceptors (Lipinski definition) is 4. The van der Waals surface area contributed by atoms with E-state index in [1.54, 1.807) is 21.3 Å².